The first-order valence-corrected chi connectivity index (χ1v) is 10.5. The number of carbonyl (C=O) groups is 2. The zero-order valence-electron chi connectivity index (χ0n) is 18.0. The van der Waals surface area contributed by atoms with E-state index in [0.717, 1.165) is 5.56 Å². The summed E-state index contributed by atoms with van der Waals surface area (Å²) in [5.41, 5.74) is 1.59. The zero-order chi connectivity index (χ0) is 22.1. The molecule has 2 heterocycles. The Kier molecular flexibility index (Phi) is 8.23. The number of alkyl carbamates (subject to hydrolysis) is 1. The summed E-state index contributed by atoms with van der Waals surface area (Å²) in [7, 11) is 0. The fourth-order valence-corrected chi connectivity index (χ4v) is 3.15. The lowest BCUT2D eigenvalue weighted by atomic mass is 10.0. The second kappa shape index (κ2) is 11.3. The van der Waals surface area contributed by atoms with Gasteiger partial charge in [-0.25, -0.2) is 9.78 Å². The van der Waals surface area contributed by atoms with Gasteiger partial charge in [-0.05, 0) is 11.5 Å². The third-order valence-electron chi connectivity index (χ3n) is 5.05. The van der Waals surface area contributed by atoms with Gasteiger partial charge in [-0.2, -0.15) is 0 Å². The van der Waals surface area contributed by atoms with Crippen molar-refractivity contribution in [3.63, 3.8) is 0 Å². The standard InChI is InChI=1S/C23H30N4O4/c1-17(2)21-15-30-11-7-6-10-27-13-19(24-16-27)12-20(22(28)25-21)26-23(29)31-14-18-8-4-3-5-9-18/h3-9,13,16-17,20-21H,10-12,14-15H2,1-2H3,(H,25,28)(H,26,29)/b7-6-/t20-,21-/m1/s1. The molecular weight excluding hydrogens is 396 g/mol. The smallest absolute Gasteiger partial charge is 0.408 e. The summed E-state index contributed by atoms with van der Waals surface area (Å²) in [6.07, 6.45) is 7.15. The second-order valence-corrected chi connectivity index (χ2v) is 7.89. The fraction of sp³-hybridized carbons (Fsp3) is 0.435. The first-order valence-electron chi connectivity index (χ1n) is 10.5. The van der Waals surface area contributed by atoms with E-state index >= 15 is 0 Å². The monoisotopic (exact) mass is 426 g/mol. The van der Waals surface area contributed by atoms with Crippen molar-refractivity contribution >= 4 is 12.0 Å². The van der Waals surface area contributed by atoms with Crippen LogP contribution in [0, 0.1) is 5.92 Å². The predicted octanol–water partition coefficient (Wildman–Crippen LogP) is 2.45. The number of fused-ring (bicyclic) bond motifs is 2. The van der Waals surface area contributed by atoms with Crippen molar-refractivity contribution in [2.45, 2.75) is 45.5 Å². The first kappa shape index (κ1) is 22.6. The van der Waals surface area contributed by atoms with Gasteiger partial charge in [-0.15, -0.1) is 0 Å². The number of ether oxygens (including phenoxy) is 2. The summed E-state index contributed by atoms with van der Waals surface area (Å²) in [5, 5.41) is 5.71. The molecule has 2 amide bonds. The highest BCUT2D eigenvalue weighted by Crippen LogP contribution is 2.08. The molecule has 1 aliphatic heterocycles. The van der Waals surface area contributed by atoms with Crippen LogP contribution in [0.4, 0.5) is 4.79 Å². The molecule has 0 saturated heterocycles. The van der Waals surface area contributed by atoms with E-state index in [1.54, 1.807) is 6.33 Å². The Bertz CT molecular complexity index is 879. The van der Waals surface area contributed by atoms with Crippen molar-refractivity contribution in [2.24, 2.45) is 5.92 Å². The summed E-state index contributed by atoms with van der Waals surface area (Å²) >= 11 is 0. The Morgan fingerprint density at radius 1 is 1.32 bits per heavy atom. The number of rotatable bonds is 4. The lowest BCUT2D eigenvalue weighted by Gasteiger charge is -2.25. The van der Waals surface area contributed by atoms with E-state index in [0.29, 0.717) is 25.5 Å². The van der Waals surface area contributed by atoms with Gasteiger partial charge in [-0.1, -0.05) is 56.3 Å². The van der Waals surface area contributed by atoms with Crippen molar-refractivity contribution in [3.8, 4) is 0 Å². The molecule has 0 unspecified atom stereocenters. The van der Waals surface area contributed by atoms with Crippen LogP contribution >= 0.6 is 0 Å². The number of imidazole rings is 1. The fourth-order valence-electron chi connectivity index (χ4n) is 3.15. The predicted molar refractivity (Wildman–Crippen MR) is 116 cm³/mol. The lowest BCUT2D eigenvalue weighted by Crippen LogP contribution is -2.53. The third kappa shape index (κ3) is 7.25. The van der Waals surface area contributed by atoms with E-state index < -0.39 is 12.1 Å². The number of amides is 2. The van der Waals surface area contributed by atoms with Crippen molar-refractivity contribution in [1.29, 1.82) is 0 Å². The quantitative estimate of drug-likeness (QED) is 0.733. The molecule has 0 fully saturated rings. The van der Waals surface area contributed by atoms with Gasteiger partial charge in [0.05, 0.1) is 31.3 Å². The van der Waals surface area contributed by atoms with Crippen LogP contribution in [-0.2, 0) is 33.8 Å². The molecule has 0 aliphatic carbocycles. The van der Waals surface area contributed by atoms with Crippen molar-refractivity contribution in [1.82, 2.24) is 20.2 Å². The Balaban J connectivity index is 1.71. The van der Waals surface area contributed by atoms with Crippen LogP contribution in [0.25, 0.3) is 0 Å². The minimum Gasteiger partial charge on any atom is -0.445 e. The van der Waals surface area contributed by atoms with E-state index in [9.17, 15) is 9.59 Å². The SMILES string of the molecule is CC(C)[C@H]1COC/C=C\Cn2cnc(c2)C[C@@H](NC(=O)OCc2ccccc2)C(=O)N1. The van der Waals surface area contributed by atoms with Gasteiger partial charge >= 0.3 is 6.09 Å². The number of nitrogens with one attached hydrogen (secondary N) is 2. The van der Waals surface area contributed by atoms with Gasteiger partial charge in [0.15, 0.2) is 0 Å². The Hall–Kier alpha value is -3.13. The molecule has 1 aromatic heterocycles. The second-order valence-electron chi connectivity index (χ2n) is 7.89. The minimum atomic E-state index is -0.814. The van der Waals surface area contributed by atoms with Crippen LogP contribution in [0.5, 0.6) is 0 Å². The zero-order valence-corrected chi connectivity index (χ0v) is 18.0. The van der Waals surface area contributed by atoms with E-state index in [1.165, 1.54) is 0 Å². The molecule has 31 heavy (non-hydrogen) atoms. The summed E-state index contributed by atoms with van der Waals surface area (Å²) in [6, 6.07) is 8.40. The van der Waals surface area contributed by atoms with E-state index in [1.807, 2.05) is 67.1 Å². The Morgan fingerprint density at radius 2 is 2.13 bits per heavy atom. The van der Waals surface area contributed by atoms with Gasteiger partial charge in [0.1, 0.15) is 12.6 Å². The topological polar surface area (TPSA) is 94.5 Å². The molecule has 0 spiro atoms. The number of hydrogen-bond donors (Lipinski definition) is 2. The van der Waals surface area contributed by atoms with E-state index in [4.69, 9.17) is 9.47 Å². The first-order chi connectivity index (χ1) is 15.0. The number of nitrogens with zero attached hydrogens (tertiary/aromatic N) is 2. The van der Waals surface area contributed by atoms with Gasteiger partial charge in [0.2, 0.25) is 5.91 Å². The number of aromatic nitrogens is 2. The highest BCUT2D eigenvalue weighted by Gasteiger charge is 2.26. The summed E-state index contributed by atoms with van der Waals surface area (Å²) in [5.74, 6) is -0.119. The molecule has 1 aliphatic rings. The highest BCUT2D eigenvalue weighted by atomic mass is 16.5. The minimum absolute atomic E-state index is 0.129. The molecule has 2 bridgehead atoms. The molecular formula is C23H30N4O4. The molecule has 0 saturated carbocycles. The van der Waals surface area contributed by atoms with Crippen LogP contribution in [0.15, 0.2) is 55.0 Å². The molecule has 2 aromatic rings. The average molecular weight is 427 g/mol. The normalized spacial score (nSPS) is 21.1. The Morgan fingerprint density at radius 3 is 2.90 bits per heavy atom. The molecule has 3 rings (SSSR count). The largest absolute Gasteiger partial charge is 0.445 e. The van der Waals surface area contributed by atoms with Gasteiger partial charge < -0.3 is 24.7 Å². The van der Waals surface area contributed by atoms with Crippen LogP contribution in [0.3, 0.4) is 0 Å². The Labute approximate surface area is 182 Å². The molecule has 2 N–H and O–H groups in total. The molecule has 166 valence electrons. The van der Waals surface area contributed by atoms with Crippen LogP contribution in [0.2, 0.25) is 0 Å². The van der Waals surface area contributed by atoms with Crippen molar-refractivity contribution in [2.75, 3.05) is 13.2 Å². The maximum absolute atomic E-state index is 13.0. The average Bonchev–Trinajstić information content (AvgIpc) is 3.20. The van der Waals surface area contributed by atoms with Gasteiger partial charge in [-0.3, -0.25) is 4.79 Å². The van der Waals surface area contributed by atoms with Crippen LogP contribution in [-0.4, -0.2) is 46.8 Å². The number of carbonyl (C=O) groups excluding carboxylic acids is 2. The third-order valence-corrected chi connectivity index (χ3v) is 5.05. The van der Waals surface area contributed by atoms with E-state index in [2.05, 4.69) is 15.6 Å². The maximum atomic E-state index is 13.0. The summed E-state index contributed by atoms with van der Waals surface area (Å²) in [4.78, 5) is 29.8. The number of hydrogen-bond acceptors (Lipinski definition) is 5. The molecule has 0 radical (unpaired) electrons. The molecule has 1 aromatic carbocycles. The van der Waals surface area contributed by atoms with Crippen molar-refractivity contribution in [3.05, 3.63) is 66.3 Å². The van der Waals surface area contributed by atoms with Crippen LogP contribution in [0.1, 0.15) is 25.1 Å². The van der Waals surface area contributed by atoms with E-state index in [-0.39, 0.29) is 30.9 Å². The summed E-state index contributed by atoms with van der Waals surface area (Å²) < 4.78 is 12.9. The van der Waals surface area contributed by atoms with Gasteiger partial charge in [0.25, 0.3) is 0 Å². The van der Waals surface area contributed by atoms with Crippen LogP contribution < -0.4 is 10.6 Å². The number of benzene rings is 1. The maximum Gasteiger partial charge on any atom is 0.408 e. The highest BCUT2D eigenvalue weighted by molar-refractivity contribution is 5.86. The number of allylic oxidation sites excluding steroid dienone is 1. The molecule has 8 nitrogen and oxygen atoms in total. The van der Waals surface area contributed by atoms with Crippen molar-refractivity contribution < 1.29 is 19.1 Å². The van der Waals surface area contributed by atoms with Gasteiger partial charge in [0, 0.05) is 19.2 Å². The molecule has 8 heteroatoms. The lowest BCUT2D eigenvalue weighted by molar-refractivity contribution is -0.124. The summed E-state index contributed by atoms with van der Waals surface area (Å²) in [6.45, 7) is 5.69. The molecule has 2 atom stereocenters.